The molecule has 8 aromatic rings. The molecule has 6 heterocycles. The van der Waals surface area contributed by atoms with E-state index in [1.54, 1.807) is 0 Å². The summed E-state index contributed by atoms with van der Waals surface area (Å²) in [7, 11) is 0. The van der Waals surface area contributed by atoms with E-state index in [0.29, 0.717) is 0 Å². The molecule has 0 fully saturated rings. The molecule has 5 N–H and O–H groups in total. The van der Waals surface area contributed by atoms with Gasteiger partial charge >= 0.3 is 0 Å². The van der Waals surface area contributed by atoms with Crippen LogP contribution in [0.4, 0.5) is 23.0 Å². The highest BCUT2D eigenvalue weighted by atomic mass is 32.2. The number of hydrogen-bond acceptors (Lipinski definition) is 8. The largest absolute Gasteiger partial charge is 0.387 e. The third-order valence-electron chi connectivity index (χ3n) is 16.2. The molecule has 2 aromatic heterocycles. The van der Waals surface area contributed by atoms with E-state index < -0.39 is 0 Å². The molecule has 82 heavy (non-hydrogen) atoms. The minimum absolute atomic E-state index is 0. The van der Waals surface area contributed by atoms with E-state index in [4.69, 9.17) is 16.1 Å². The van der Waals surface area contributed by atoms with Gasteiger partial charge in [0.25, 0.3) is 11.6 Å². The molecule has 0 atom stereocenters. The van der Waals surface area contributed by atoms with Gasteiger partial charge in [0.05, 0.1) is 40.4 Å². The van der Waals surface area contributed by atoms with Gasteiger partial charge in [-0.3, -0.25) is 15.6 Å². The van der Waals surface area contributed by atoms with Crippen molar-refractivity contribution in [2.45, 2.75) is 127 Å². The number of unbranched alkanes of at least 4 members (excludes halogenated alkanes) is 6. The predicted molar refractivity (Wildman–Crippen MR) is 353 cm³/mol. The van der Waals surface area contributed by atoms with Gasteiger partial charge in [0, 0.05) is 64.5 Å². The Labute approximate surface area is 496 Å². The highest BCUT2D eigenvalue weighted by Crippen LogP contribution is 2.52. The van der Waals surface area contributed by atoms with Crippen LogP contribution in [0.15, 0.2) is 183 Å². The second-order valence-corrected chi connectivity index (χ2v) is 23.9. The SMILES string of the molecule is C.C.N=C(CCCCCCNc1cc(C=C2Sc3cccc4c3N2CCC4)c2ccccc2[n+]1-c1ccccc1)CCCCC(N)=NCCCCCNc1cc(C=C2Sc3cccc4c3N2CCC4)c2ccccc2[n+]1-c1ccccc1. The minimum Gasteiger partial charge on any atom is -0.387 e. The molecule has 0 bridgehead atoms. The Morgan fingerprint density at radius 2 is 0.976 bits per heavy atom. The molecule has 0 spiro atoms. The zero-order valence-corrected chi connectivity index (χ0v) is 47.8. The first-order chi connectivity index (χ1) is 39.5. The topological polar surface area (TPSA) is 101 Å². The van der Waals surface area contributed by atoms with Gasteiger partial charge in [-0.25, -0.2) is 0 Å². The molecule has 0 amide bonds. The smallest absolute Gasteiger partial charge is 0.280 e. The fourth-order valence-electron chi connectivity index (χ4n) is 12.3. The first kappa shape index (κ1) is 57.9. The second-order valence-electron chi connectivity index (χ2n) is 21.8. The molecule has 4 aliphatic heterocycles. The van der Waals surface area contributed by atoms with Crippen LogP contribution in [-0.2, 0) is 12.8 Å². The Kier molecular flexibility index (Phi) is 19.5. The van der Waals surface area contributed by atoms with Gasteiger partial charge in [-0.2, -0.15) is 9.13 Å². The fourth-order valence-corrected chi connectivity index (χ4v) is 14.6. The highest BCUT2D eigenvalue weighted by Gasteiger charge is 2.32. The zero-order valence-electron chi connectivity index (χ0n) is 46.1. The van der Waals surface area contributed by atoms with Crippen molar-refractivity contribution in [1.82, 2.24) is 0 Å². The van der Waals surface area contributed by atoms with Gasteiger partial charge in [-0.15, -0.1) is 0 Å². The number of aryl methyl sites for hydroxylation is 2. The van der Waals surface area contributed by atoms with Crippen molar-refractivity contribution in [1.29, 1.82) is 5.41 Å². The van der Waals surface area contributed by atoms with Crippen molar-refractivity contribution in [3.05, 3.63) is 190 Å². The third-order valence-corrected chi connectivity index (χ3v) is 18.4. The summed E-state index contributed by atoms with van der Waals surface area (Å²) in [5.74, 6) is 2.96. The maximum atomic E-state index is 8.69. The van der Waals surface area contributed by atoms with Gasteiger partial charge < -0.3 is 20.9 Å². The summed E-state index contributed by atoms with van der Waals surface area (Å²) in [5.41, 5.74) is 20.2. The van der Waals surface area contributed by atoms with Crippen LogP contribution in [0.3, 0.4) is 0 Å². The number of fused-ring (bicyclic) bond motifs is 2. The lowest BCUT2D eigenvalue weighted by Crippen LogP contribution is -2.36. The van der Waals surface area contributed by atoms with Crippen LogP contribution < -0.4 is 35.3 Å². The van der Waals surface area contributed by atoms with Crippen LogP contribution in [0.5, 0.6) is 0 Å². The predicted octanol–water partition coefficient (Wildman–Crippen LogP) is 17.1. The number of pyridine rings is 2. The van der Waals surface area contributed by atoms with Crippen molar-refractivity contribution in [3.63, 3.8) is 0 Å². The normalized spacial score (nSPS) is 15.1. The van der Waals surface area contributed by atoms with E-state index in [0.717, 1.165) is 157 Å². The number of benzene rings is 6. The monoisotopic (exact) mass is 1130 g/mol. The highest BCUT2D eigenvalue weighted by molar-refractivity contribution is 8.04. The lowest BCUT2D eigenvalue weighted by molar-refractivity contribution is -0.552. The summed E-state index contributed by atoms with van der Waals surface area (Å²) < 4.78 is 4.75. The van der Waals surface area contributed by atoms with Crippen molar-refractivity contribution >= 4 is 92.0 Å². The summed E-state index contributed by atoms with van der Waals surface area (Å²) in [5, 5.41) is 21.5. The van der Waals surface area contributed by atoms with Crippen LogP contribution in [0, 0.1) is 5.41 Å². The lowest BCUT2D eigenvalue weighted by Gasteiger charge is -2.27. The number of para-hydroxylation sites is 6. The number of aromatic nitrogens is 2. The van der Waals surface area contributed by atoms with Gasteiger partial charge in [-0.1, -0.05) is 142 Å². The van der Waals surface area contributed by atoms with Crippen LogP contribution in [0.1, 0.15) is 127 Å². The molecule has 6 aromatic carbocycles. The molecule has 0 saturated carbocycles. The van der Waals surface area contributed by atoms with Crippen LogP contribution in [0.25, 0.3) is 45.3 Å². The number of hydrogen-bond donors (Lipinski definition) is 4. The Hall–Kier alpha value is -7.34. The molecule has 4 aliphatic rings. The van der Waals surface area contributed by atoms with Gasteiger partial charge in [0.15, 0.2) is 0 Å². The fraction of sp³-hybridized carbons (Fsp3) is 0.324. The number of rotatable bonds is 24. The molecular weight excluding hydrogens is 1040 g/mol. The van der Waals surface area contributed by atoms with Crippen LogP contribution >= 0.6 is 23.5 Å². The van der Waals surface area contributed by atoms with E-state index in [9.17, 15) is 0 Å². The molecule has 0 aliphatic carbocycles. The molecule has 0 unspecified atom stereocenters. The average Bonchev–Trinajstić information content (AvgIpc) is 4.21. The molecule has 0 radical (unpaired) electrons. The number of amidine groups is 1. The van der Waals surface area contributed by atoms with Crippen LogP contribution in [-0.4, -0.2) is 44.3 Å². The first-order valence-electron chi connectivity index (χ1n) is 29.5. The minimum atomic E-state index is 0. The Bertz CT molecular complexity index is 3610. The third kappa shape index (κ3) is 13.0. The molecule has 11 heteroatoms. The van der Waals surface area contributed by atoms with E-state index >= 15 is 0 Å². The molecular formula is C71H83N9S2+2. The summed E-state index contributed by atoms with van der Waals surface area (Å²) >= 11 is 3.81. The number of nitrogens with two attached hydrogens (primary N) is 1. The van der Waals surface area contributed by atoms with Gasteiger partial charge in [0.2, 0.25) is 0 Å². The standard InChI is InChI=1S/C69H73N9S2.2CH4/c70-54(28-6-1-2-17-42-73-64-46-52(48-66-75-44-22-26-50-24-20-38-61(79-66)68(50)75)57-34-12-14-36-59(57)77(64)55-30-7-3-8-31-55)29-11-16-40-63(71)72-41-18-5-19-43-74-65-47-53(49-67-76-45-23-27-51-25-21-39-62(80-67)69(51)76)58-35-13-15-37-60(58)78(65)56-32-9-4-10-33-56;;/h3-4,7-10,12-15,20-21,24-25,30-39,46-49,70H,1-2,5-6,11,16-19,22-23,26-29,40-45H2,(H2,71,72);2*1H4/p+2. The number of thioether (sulfide) groups is 2. The Morgan fingerprint density at radius 1 is 0.524 bits per heavy atom. The summed E-state index contributed by atoms with van der Waals surface area (Å²) in [4.78, 5) is 12.6. The second kappa shape index (κ2) is 27.6. The van der Waals surface area contributed by atoms with E-state index in [-0.39, 0.29) is 14.9 Å². The van der Waals surface area contributed by atoms with E-state index in [2.05, 4.69) is 199 Å². The molecule has 9 nitrogen and oxygen atoms in total. The maximum absolute atomic E-state index is 8.69. The lowest BCUT2D eigenvalue weighted by atomic mass is 10.0. The maximum Gasteiger partial charge on any atom is 0.280 e. The van der Waals surface area contributed by atoms with Crippen molar-refractivity contribution in [3.8, 4) is 11.4 Å². The Morgan fingerprint density at radius 3 is 1.50 bits per heavy atom. The number of nitrogens with one attached hydrogen (secondary N) is 3. The first-order valence-corrected chi connectivity index (χ1v) is 31.1. The zero-order chi connectivity index (χ0) is 54.0. The van der Waals surface area contributed by atoms with Crippen LogP contribution in [0.2, 0.25) is 0 Å². The molecule has 0 saturated heterocycles. The van der Waals surface area contributed by atoms with Crippen molar-refractivity contribution in [2.24, 2.45) is 10.7 Å². The number of anilines is 4. The molecule has 422 valence electrons. The average molecular weight is 1130 g/mol. The summed E-state index contributed by atoms with van der Waals surface area (Å²) in [6, 6.07) is 57.4. The van der Waals surface area contributed by atoms with E-state index in [1.165, 1.54) is 88.1 Å². The van der Waals surface area contributed by atoms with Gasteiger partial charge in [-0.05, 0) is 173 Å². The summed E-state index contributed by atoms with van der Waals surface area (Å²) in [6.07, 6.45) is 21.6. The van der Waals surface area contributed by atoms with Gasteiger partial charge in [0.1, 0.15) is 22.4 Å². The van der Waals surface area contributed by atoms with Crippen molar-refractivity contribution in [2.75, 3.05) is 53.2 Å². The molecule has 12 rings (SSSR count). The number of nitrogens with zero attached hydrogens (tertiary/aromatic N) is 5. The quantitative estimate of drug-likeness (QED) is 0.0207. The van der Waals surface area contributed by atoms with E-state index in [1.807, 2.05) is 23.5 Å². The number of aliphatic imine (C=N–C) groups is 1. The summed E-state index contributed by atoms with van der Waals surface area (Å²) in [6.45, 7) is 4.65. The van der Waals surface area contributed by atoms with Crippen molar-refractivity contribution < 1.29 is 9.13 Å². The Balaban J connectivity index is 0.00000376.